The van der Waals surface area contributed by atoms with Crippen LogP contribution in [0.1, 0.15) is 42.6 Å². The van der Waals surface area contributed by atoms with Crippen molar-refractivity contribution in [2.24, 2.45) is 7.05 Å². The highest BCUT2D eigenvalue weighted by Gasteiger charge is 2.27. The SMILES string of the molecule is CN(C(=O)c1nn(-c2ccc(Cl)cc2)c(=O)n(C)c1=O)C1CCCCC1. The van der Waals surface area contributed by atoms with Crippen LogP contribution in [0.4, 0.5) is 0 Å². The average molecular weight is 377 g/mol. The molecule has 1 amide bonds. The highest BCUT2D eigenvalue weighted by Crippen LogP contribution is 2.22. The molecule has 0 aliphatic heterocycles. The third-order valence-corrected chi connectivity index (χ3v) is 5.14. The first-order valence-corrected chi connectivity index (χ1v) is 9.01. The molecule has 0 radical (unpaired) electrons. The Balaban J connectivity index is 2.04. The molecule has 0 saturated heterocycles. The van der Waals surface area contributed by atoms with Crippen LogP contribution in [-0.4, -0.2) is 38.2 Å². The summed E-state index contributed by atoms with van der Waals surface area (Å²) in [6.07, 6.45) is 5.13. The van der Waals surface area contributed by atoms with Gasteiger partial charge in [-0.05, 0) is 37.1 Å². The summed E-state index contributed by atoms with van der Waals surface area (Å²) in [4.78, 5) is 39.4. The number of benzene rings is 1. The van der Waals surface area contributed by atoms with Gasteiger partial charge in [-0.1, -0.05) is 30.9 Å². The molecule has 0 atom stereocenters. The zero-order chi connectivity index (χ0) is 18.8. The van der Waals surface area contributed by atoms with E-state index in [1.54, 1.807) is 36.2 Å². The second-order valence-corrected chi connectivity index (χ2v) is 7.03. The lowest BCUT2D eigenvalue weighted by Gasteiger charge is -2.30. The lowest BCUT2D eigenvalue weighted by molar-refractivity contribution is 0.0685. The fraction of sp³-hybridized carbons (Fsp3) is 0.444. The molecule has 8 heteroatoms. The standard InChI is InChI=1S/C18H21ClN4O3/c1-21(13-6-4-3-5-7-13)16(24)15-17(25)22(2)18(26)23(20-15)14-10-8-12(19)9-11-14/h8-11,13H,3-7H2,1-2H3. The smallest absolute Gasteiger partial charge is 0.337 e. The lowest BCUT2D eigenvalue weighted by Crippen LogP contribution is -2.47. The molecule has 0 bridgehead atoms. The molecule has 1 aliphatic carbocycles. The molecule has 26 heavy (non-hydrogen) atoms. The summed E-state index contributed by atoms with van der Waals surface area (Å²) in [5.41, 5.74) is -1.12. The maximum atomic E-state index is 12.9. The van der Waals surface area contributed by atoms with E-state index in [4.69, 9.17) is 11.6 Å². The number of rotatable bonds is 3. The Hall–Kier alpha value is -2.41. The third-order valence-electron chi connectivity index (χ3n) is 4.89. The largest absolute Gasteiger partial charge is 0.351 e. The van der Waals surface area contributed by atoms with Crippen LogP contribution in [0.3, 0.4) is 0 Å². The maximum absolute atomic E-state index is 12.9. The summed E-state index contributed by atoms with van der Waals surface area (Å²) in [7, 11) is 3.04. The minimum atomic E-state index is -0.687. The first kappa shape index (κ1) is 18.4. The Morgan fingerprint density at radius 2 is 1.77 bits per heavy atom. The van der Waals surface area contributed by atoms with Crippen LogP contribution in [0.5, 0.6) is 0 Å². The molecule has 3 rings (SSSR count). The van der Waals surface area contributed by atoms with E-state index in [0.29, 0.717) is 10.7 Å². The van der Waals surface area contributed by atoms with Crippen molar-refractivity contribution in [2.45, 2.75) is 38.1 Å². The fourth-order valence-electron chi connectivity index (χ4n) is 3.26. The predicted molar refractivity (Wildman–Crippen MR) is 99.1 cm³/mol. The van der Waals surface area contributed by atoms with Gasteiger partial charge in [0.25, 0.3) is 11.5 Å². The summed E-state index contributed by atoms with van der Waals surface area (Å²) in [6, 6.07) is 6.55. The van der Waals surface area contributed by atoms with E-state index in [0.717, 1.165) is 34.9 Å². The third kappa shape index (κ3) is 3.44. The lowest BCUT2D eigenvalue weighted by atomic mass is 9.94. The van der Waals surface area contributed by atoms with Crippen molar-refractivity contribution in [2.75, 3.05) is 7.05 Å². The van der Waals surface area contributed by atoms with E-state index in [2.05, 4.69) is 5.10 Å². The summed E-state index contributed by atoms with van der Waals surface area (Å²) >= 11 is 5.88. The van der Waals surface area contributed by atoms with Crippen LogP contribution >= 0.6 is 11.6 Å². The molecular formula is C18H21ClN4O3. The number of amides is 1. The molecule has 1 aromatic heterocycles. The molecule has 7 nitrogen and oxygen atoms in total. The number of nitrogens with zero attached hydrogens (tertiary/aromatic N) is 4. The van der Waals surface area contributed by atoms with Crippen molar-refractivity contribution in [1.82, 2.24) is 19.2 Å². The number of carbonyl (C=O) groups excluding carboxylic acids is 1. The van der Waals surface area contributed by atoms with Crippen molar-refractivity contribution in [1.29, 1.82) is 0 Å². The van der Waals surface area contributed by atoms with E-state index >= 15 is 0 Å². The fourth-order valence-corrected chi connectivity index (χ4v) is 3.39. The normalized spacial score (nSPS) is 15.0. The van der Waals surface area contributed by atoms with E-state index < -0.39 is 17.2 Å². The number of carbonyl (C=O) groups is 1. The first-order chi connectivity index (χ1) is 12.4. The van der Waals surface area contributed by atoms with Crippen LogP contribution in [0.2, 0.25) is 5.02 Å². The van der Waals surface area contributed by atoms with Gasteiger partial charge in [-0.25, -0.2) is 4.79 Å². The predicted octanol–water partition coefficient (Wildman–Crippen LogP) is 1.99. The van der Waals surface area contributed by atoms with Crippen LogP contribution in [0.25, 0.3) is 5.69 Å². The molecule has 1 aromatic carbocycles. The molecule has 138 valence electrons. The molecule has 0 spiro atoms. The summed E-state index contributed by atoms with van der Waals surface area (Å²) in [5, 5.41) is 4.60. The van der Waals surface area contributed by atoms with Crippen LogP contribution in [-0.2, 0) is 7.05 Å². The quantitative estimate of drug-likeness (QED) is 0.820. The van der Waals surface area contributed by atoms with Gasteiger partial charge in [-0.15, -0.1) is 0 Å². The highest BCUT2D eigenvalue weighted by atomic mass is 35.5. The molecule has 0 N–H and O–H groups in total. The van der Waals surface area contributed by atoms with E-state index in [-0.39, 0.29) is 11.7 Å². The molecule has 1 saturated carbocycles. The monoisotopic (exact) mass is 376 g/mol. The van der Waals surface area contributed by atoms with Crippen LogP contribution < -0.4 is 11.2 Å². The zero-order valence-electron chi connectivity index (χ0n) is 14.8. The van der Waals surface area contributed by atoms with Gasteiger partial charge in [0.2, 0.25) is 5.69 Å². The molecule has 0 unspecified atom stereocenters. The molecule has 2 aromatic rings. The van der Waals surface area contributed by atoms with E-state index in [1.807, 2.05) is 0 Å². The van der Waals surface area contributed by atoms with Gasteiger partial charge < -0.3 is 4.90 Å². The van der Waals surface area contributed by atoms with Gasteiger partial charge in [-0.2, -0.15) is 9.78 Å². The van der Waals surface area contributed by atoms with Crippen LogP contribution in [0, 0.1) is 0 Å². The van der Waals surface area contributed by atoms with Crippen LogP contribution in [0.15, 0.2) is 33.9 Å². The molecule has 1 aliphatic rings. The number of halogens is 1. The Morgan fingerprint density at radius 1 is 1.15 bits per heavy atom. The number of hydrogen-bond donors (Lipinski definition) is 0. The Kier molecular flexibility index (Phi) is 5.27. The van der Waals surface area contributed by atoms with E-state index in [1.165, 1.54) is 13.5 Å². The second kappa shape index (κ2) is 7.45. The molecular weight excluding hydrogens is 356 g/mol. The van der Waals surface area contributed by atoms with Crippen molar-refractivity contribution in [3.63, 3.8) is 0 Å². The van der Waals surface area contributed by atoms with Gasteiger partial charge in [-0.3, -0.25) is 14.2 Å². The van der Waals surface area contributed by atoms with Crippen molar-refractivity contribution in [3.05, 3.63) is 55.8 Å². The number of hydrogen-bond acceptors (Lipinski definition) is 4. The van der Waals surface area contributed by atoms with Gasteiger partial charge in [0.05, 0.1) is 5.69 Å². The number of aromatic nitrogens is 3. The molecule has 1 heterocycles. The van der Waals surface area contributed by atoms with E-state index in [9.17, 15) is 14.4 Å². The highest BCUT2D eigenvalue weighted by molar-refractivity contribution is 6.30. The average Bonchev–Trinajstić information content (AvgIpc) is 2.67. The second-order valence-electron chi connectivity index (χ2n) is 6.59. The minimum absolute atomic E-state index is 0.0960. The molecule has 1 fully saturated rings. The maximum Gasteiger partial charge on any atom is 0.351 e. The van der Waals surface area contributed by atoms with Gasteiger partial charge in [0, 0.05) is 25.2 Å². The Bertz CT molecular complexity index is 927. The van der Waals surface area contributed by atoms with Crippen molar-refractivity contribution >= 4 is 17.5 Å². The van der Waals surface area contributed by atoms with Crippen molar-refractivity contribution < 1.29 is 4.79 Å². The Morgan fingerprint density at radius 3 is 2.38 bits per heavy atom. The summed E-state index contributed by atoms with van der Waals surface area (Å²) in [6.45, 7) is 0. The first-order valence-electron chi connectivity index (χ1n) is 8.63. The minimum Gasteiger partial charge on any atom is -0.337 e. The summed E-state index contributed by atoms with van der Waals surface area (Å²) < 4.78 is 1.96. The van der Waals surface area contributed by atoms with Crippen molar-refractivity contribution in [3.8, 4) is 5.69 Å². The topological polar surface area (TPSA) is 77.2 Å². The summed E-state index contributed by atoms with van der Waals surface area (Å²) in [5.74, 6) is -0.458. The zero-order valence-corrected chi connectivity index (χ0v) is 15.6. The van der Waals surface area contributed by atoms with Gasteiger partial charge in [0.15, 0.2) is 0 Å². The van der Waals surface area contributed by atoms with Gasteiger partial charge >= 0.3 is 5.69 Å². The van der Waals surface area contributed by atoms with Gasteiger partial charge in [0.1, 0.15) is 0 Å². The Labute approximate surface area is 155 Å².